The van der Waals surface area contributed by atoms with Gasteiger partial charge in [-0.25, -0.2) is 9.90 Å². The first-order valence-corrected chi connectivity index (χ1v) is 1.41. The van der Waals surface area contributed by atoms with Gasteiger partial charge in [0.05, 0.1) is 0 Å². The SMILES string of the molecule is C=C.CC([O])=O. The molecule has 2 heteroatoms. The highest BCUT2D eigenvalue weighted by molar-refractivity contribution is 5.62. The highest BCUT2D eigenvalue weighted by Crippen LogP contribution is 1.45. The van der Waals surface area contributed by atoms with Gasteiger partial charge in [0.2, 0.25) is 0 Å². The van der Waals surface area contributed by atoms with E-state index < -0.39 is 5.97 Å². The van der Waals surface area contributed by atoms with E-state index in [9.17, 15) is 0 Å². The Kier molecular flexibility index (Phi) is 13.3. The minimum Gasteiger partial charge on any atom is -0.248 e. The van der Waals surface area contributed by atoms with Gasteiger partial charge >= 0.3 is 5.97 Å². The quantitative estimate of drug-likeness (QED) is 0.402. The Morgan fingerprint density at radius 2 is 1.50 bits per heavy atom. The van der Waals surface area contributed by atoms with E-state index >= 15 is 0 Å². The van der Waals surface area contributed by atoms with E-state index in [0.717, 1.165) is 6.92 Å². The lowest BCUT2D eigenvalue weighted by molar-refractivity contribution is -0.140. The van der Waals surface area contributed by atoms with Crippen molar-refractivity contribution in [3.63, 3.8) is 0 Å². The molecule has 0 heterocycles. The average molecular weight is 87.1 g/mol. The van der Waals surface area contributed by atoms with Crippen LogP contribution in [0.5, 0.6) is 0 Å². The summed E-state index contributed by atoms with van der Waals surface area (Å²) >= 11 is 0. The van der Waals surface area contributed by atoms with Gasteiger partial charge in [-0.05, 0) is 0 Å². The molecule has 0 unspecified atom stereocenters. The summed E-state index contributed by atoms with van der Waals surface area (Å²) in [5.41, 5.74) is 0. The van der Waals surface area contributed by atoms with Crippen LogP contribution in [0.4, 0.5) is 0 Å². The lowest BCUT2D eigenvalue weighted by Crippen LogP contribution is -1.74. The van der Waals surface area contributed by atoms with E-state index in [1.807, 2.05) is 0 Å². The van der Waals surface area contributed by atoms with Crippen molar-refractivity contribution in [3.8, 4) is 0 Å². The first-order chi connectivity index (χ1) is 2.73. The van der Waals surface area contributed by atoms with E-state index in [-0.39, 0.29) is 0 Å². The van der Waals surface area contributed by atoms with E-state index in [2.05, 4.69) is 13.2 Å². The molecule has 35 valence electrons. The fourth-order valence-electron chi connectivity index (χ4n) is 0. The molecule has 0 rings (SSSR count). The molecule has 0 saturated carbocycles. The van der Waals surface area contributed by atoms with Crippen LogP contribution in [0, 0.1) is 0 Å². The molecule has 0 aromatic heterocycles. The van der Waals surface area contributed by atoms with Crippen LogP contribution in [0.3, 0.4) is 0 Å². The maximum atomic E-state index is 8.89. The Morgan fingerprint density at radius 3 is 1.50 bits per heavy atom. The Labute approximate surface area is 37.1 Å². The van der Waals surface area contributed by atoms with Crippen molar-refractivity contribution in [1.82, 2.24) is 0 Å². The van der Waals surface area contributed by atoms with Crippen LogP contribution in [-0.4, -0.2) is 5.97 Å². The van der Waals surface area contributed by atoms with Gasteiger partial charge in [-0.3, -0.25) is 0 Å². The topological polar surface area (TPSA) is 37.0 Å². The zero-order chi connectivity index (χ0) is 5.58. The summed E-state index contributed by atoms with van der Waals surface area (Å²) in [5.74, 6) is -1.08. The molecule has 0 atom stereocenters. The van der Waals surface area contributed by atoms with Gasteiger partial charge in [0, 0.05) is 6.92 Å². The molecule has 6 heavy (non-hydrogen) atoms. The maximum absolute atomic E-state index is 8.89. The van der Waals surface area contributed by atoms with Crippen LogP contribution < -0.4 is 0 Å². The summed E-state index contributed by atoms with van der Waals surface area (Å²) in [4.78, 5) is 8.89. The number of hydrogen-bond donors (Lipinski definition) is 0. The third-order valence-electron chi connectivity index (χ3n) is 0. The van der Waals surface area contributed by atoms with E-state index in [1.54, 1.807) is 0 Å². The average Bonchev–Trinajstić information content (AvgIpc) is 1.41. The molecule has 0 aromatic rings. The fraction of sp³-hybridized carbons (Fsp3) is 0.250. The van der Waals surface area contributed by atoms with Crippen molar-refractivity contribution >= 4 is 5.97 Å². The molecule has 0 amide bonds. The smallest absolute Gasteiger partial charge is 0.248 e. The monoisotopic (exact) mass is 87.0 g/mol. The van der Waals surface area contributed by atoms with E-state index in [4.69, 9.17) is 9.90 Å². The summed E-state index contributed by atoms with van der Waals surface area (Å²) in [7, 11) is 0. The molecule has 0 aromatic carbocycles. The maximum Gasteiger partial charge on any atom is 0.352 e. The Bertz CT molecular complexity index is 36.8. The van der Waals surface area contributed by atoms with Gasteiger partial charge in [0.15, 0.2) is 0 Å². The summed E-state index contributed by atoms with van der Waals surface area (Å²) in [6.07, 6.45) is 0. The minimum atomic E-state index is -1.08. The third-order valence-corrected chi connectivity index (χ3v) is 0. The standard InChI is InChI=1S/C2H3O2.C2H4/c1-2(3)4;1-2/h1H3;1-2H2. The van der Waals surface area contributed by atoms with Crippen molar-refractivity contribution in [2.75, 3.05) is 0 Å². The largest absolute Gasteiger partial charge is 0.352 e. The molecule has 0 N–H and O–H groups in total. The van der Waals surface area contributed by atoms with Crippen LogP contribution in [0.1, 0.15) is 6.92 Å². The molecule has 0 aliphatic carbocycles. The Morgan fingerprint density at radius 1 is 1.50 bits per heavy atom. The van der Waals surface area contributed by atoms with E-state index in [0.29, 0.717) is 0 Å². The second-order valence-electron chi connectivity index (χ2n) is 0.492. The summed E-state index contributed by atoms with van der Waals surface area (Å²) in [6.45, 7) is 6.97. The molecular formula is C4H7O2. The van der Waals surface area contributed by atoms with Gasteiger partial charge in [0.25, 0.3) is 0 Å². The van der Waals surface area contributed by atoms with Crippen LogP contribution in [0.15, 0.2) is 13.2 Å². The molecule has 0 saturated heterocycles. The molecule has 0 spiro atoms. The molecule has 0 bridgehead atoms. The van der Waals surface area contributed by atoms with Gasteiger partial charge < -0.3 is 0 Å². The van der Waals surface area contributed by atoms with Gasteiger partial charge in [-0.1, -0.05) is 0 Å². The Hall–Kier alpha value is -0.790. The molecular weight excluding hydrogens is 80.0 g/mol. The predicted octanol–water partition coefficient (Wildman–Crippen LogP) is 0.766. The van der Waals surface area contributed by atoms with Crippen LogP contribution in [-0.2, 0) is 9.90 Å². The number of carbonyl (C=O) groups is 1. The van der Waals surface area contributed by atoms with Crippen LogP contribution in [0.2, 0.25) is 0 Å². The summed E-state index contributed by atoms with van der Waals surface area (Å²) in [6, 6.07) is 0. The predicted molar refractivity (Wildman–Crippen MR) is 22.6 cm³/mol. The number of rotatable bonds is 0. The minimum absolute atomic E-state index is 0.972. The van der Waals surface area contributed by atoms with Crippen molar-refractivity contribution in [1.29, 1.82) is 0 Å². The van der Waals surface area contributed by atoms with E-state index in [1.165, 1.54) is 0 Å². The van der Waals surface area contributed by atoms with Crippen LogP contribution >= 0.6 is 0 Å². The summed E-state index contributed by atoms with van der Waals surface area (Å²) < 4.78 is 0. The number of hydrogen-bond acceptors (Lipinski definition) is 1. The first kappa shape index (κ1) is 8.96. The second-order valence-corrected chi connectivity index (χ2v) is 0.492. The van der Waals surface area contributed by atoms with Crippen LogP contribution in [0.25, 0.3) is 0 Å². The zero-order valence-electron chi connectivity index (χ0n) is 3.73. The lowest BCUT2D eigenvalue weighted by atomic mass is 10.9. The first-order valence-electron chi connectivity index (χ1n) is 1.41. The van der Waals surface area contributed by atoms with Crippen molar-refractivity contribution < 1.29 is 9.90 Å². The normalized spacial score (nSPS) is 4.83. The molecule has 0 aliphatic rings. The fourth-order valence-corrected chi connectivity index (χ4v) is 0. The molecule has 1 radical (unpaired) electrons. The van der Waals surface area contributed by atoms with Crippen molar-refractivity contribution in [2.24, 2.45) is 0 Å². The Balaban J connectivity index is 0. The summed E-state index contributed by atoms with van der Waals surface area (Å²) in [5, 5.41) is 8.89. The third kappa shape index (κ3) is 25.1. The molecule has 0 aliphatic heterocycles. The number of carbonyl (C=O) groups excluding carboxylic acids is 1. The highest BCUT2D eigenvalue weighted by atomic mass is 16.4. The molecule has 2 nitrogen and oxygen atoms in total. The zero-order valence-corrected chi connectivity index (χ0v) is 3.73. The second kappa shape index (κ2) is 8.88. The van der Waals surface area contributed by atoms with Crippen molar-refractivity contribution in [3.05, 3.63) is 13.2 Å². The molecule has 0 fully saturated rings. The highest BCUT2D eigenvalue weighted by Gasteiger charge is 1.71. The van der Waals surface area contributed by atoms with Crippen molar-refractivity contribution in [2.45, 2.75) is 6.92 Å². The van der Waals surface area contributed by atoms with Gasteiger partial charge in [-0.15, -0.1) is 13.2 Å². The van der Waals surface area contributed by atoms with Gasteiger partial charge in [0.1, 0.15) is 0 Å². The van der Waals surface area contributed by atoms with Gasteiger partial charge in [-0.2, -0.15) is 0 Å². The lowest BCUT2D eigenvalue weighted by Gasteiger charge is -1.50.